The molecule has 0 N–H and O–H groups in total. The molecule has 0 spiro atoms. The lowest BCUT2D eigenvalue weighted by Gasteiger charge is -2.20. The third-order valence-electron chi connectivity index (χ3n) is 3.33. The molecular weight excluding hydrogens is 306 g/mol. The average molecular weight is 329 g/mol. The van der Waals surface area contributed by atoms with Crippen LogP contribution in [0.2, 0.25) is 0 Å². The first-order valence-electron chi connectivity index (χ1n) is 7.26. The molecule has 6 heteroatoms. The number of benzene rings is 1. The van der Waals surface area contributed by atoms with Crippen molar-refractivity contribution in [3.05, 3.63) is 23.8 Å². The van der Waals surface area contributed by atoms with Crippen molar-refractivity contribution in [1.82, 2.24) is 4.31 Å². The zero-order chi connectivity index (χ0) is 15.5. The van der Waals surface area contributed by atoms with E-state index in [1.54, 1.807) is 22.5 Å². The molecule has 0 aliphatic carbocycles. The Morgan fingerprint density at radius 2 is 2.00 bits per heavy atom. The lowest BCUT2D eigenvalue weighted by Crippen LogP contribution is -2.33. The van der Waals surface area contributed by atoms with Crippen molar-refractivity contribution in [2.45, 2.75) is 38.2 Å². The Balaban J connectivity index is 2.25. The highest BCUT2D eigenvalue weighted by Crippen LogP contribution is 2.26. The normalized spacial score (nSPS) is 17.7. The third-order valence-corrected chi connectivity index (χ3v) is 6.27. The van der Waals surface area contributed by atoms with E-state index in [1.807, 2.05) is 32.5 Å². The molecule has 0 bridgehead atoms. The monoisotopic (exact) mass is 329 g/mol. The topological polar surface area (TPSA) is 46.6 Å². The second-order valence-corrected chi connectivity index (χ2v) is 8.63. The van der Waals surface area contributed by atoms with Gasteiger partial charge in [-0.1, -0.05) is 0 Å². The van der Waals surface area contributed by atoms with E-state index >= 15 is 0 Å². The summed E-state index contributed by atoms with van der Waals surface area (Å²) in [5.41, 5.74) is 0.856. The van der Waals surface area contributed by atoms with Crippen LogP contribution in [-0.4, -0.2) is 43.4 Å². The first-order chi connectivity index (χ1) is 9.91. The van der Waals surface area contributed by atoms with Gasteiger partial charge >= 0.3 is 0 Å². The van der Waals surface area contributed by atoms with Crippen molar-refractivity contribution in [2.75, 3.05) is 24.6 Å². The van der Waals surface area contributed by atoms with Crippen LogP contribution < -0.4 is 4.74 Å². The van der Waals surface area contributed by atoms with Crippen LogP contribution in [0, 0.1) is 6.92 Å². The standard InChI is InChI=1S/C15H23NO3S2/c1-12(2)19-15-6-5-14(11-13(15)3)21(17,18)16-7-4-9-20-10-8-16/h5-6,11-12H,4,7-10H2,1-3H3. The third kappa shape index (κ3) is 4.14. The molecule has 0 atom stereocenters. The molecule has 1 aromatic rings. The molecule has 4 nitrogen and oxygen atoms in total. The summed E-state index contributed by atoms with van der Waals surface area (Å²) < 4.78 is 32.7. The van der Waals surface area contributed by atoms with E-state index in [-0.39, 0.29) is 6.10 Å². The van der Waals surface area contributed by atoms with Gasteiger partial charge in [0, 0.05) is 18.8 Å². The van der Waals surface area contributed by atoms with Crippen LogP contribution in [0.3, 0.4) is 0 Å². The summed E-state index contributed by atoms with van der Waals surface area (Å²) in [6.45, 7) is 7.00. The van der Waals surface area contributed by atoms with Gasteiger partial charge in [0.2, 0.25) is 10.0 Å². The Hall–Kier alpha value is -0.720. The highest BCUT2D eigenvalue weighted by molar-refractivity contribution is 7.99. The minimum absolute atomic E-state index is 0.0776. The Morgan fingerprint density at radius 3 is 2.67 bits per heavy atom. The fraction of sp³-hybridized carbons (Fsp3) is 0.600. The lowest BCUT2D eigenvalue weighted by molar-refractivity contribution is 0.240. The molecule has 0 saturated carbocycles. The van der Waals surface area contributed by atoms with Crippen LogP contribution in [0.15, 0.2) is 23.1 Å². The highest BCUT2D eigenvalue weighted by atomic mass is 32.2. The first-order valence-corrected chi connectivity index (χ1v) is 9.86. The fourth-order valence-corrected chi connectivity index (χ4v) is 4.85. The minimum atomic E-state index is -3.39. The van der Waals surface area contributed by atoms with E-state index in [9.17, 15) is 8.42 Å². The zero-order valence-corrected chi connectivity index (χ0v) is 14.5. The Kier molecular flexibility index (Phi) is 5.57. The van der Waals surface area contributed by atoms with E-state index in [0.29, 0.717) is 18.0 Å². The summed E-state index contributed by atoms with van der Waals surface area (Å²) in [7, 11) is -3.39. The smallest absolute Gasteiger partial charge is 0.243 e. The van der Waals surface area contributed by atoms with E-state index < -0.39 is 10.0 Å². The maximum absolute atomic E-state index is 12.7. The molecule has 1 heterocycles. The maximum Gasteiger partial charge on any atom is 0.243 e. The van der Waals surface area contributed by atoms with E-state index in [0.717, 1.165) is 29.2 Å². The lowest BCUT2D eigenvalue weighted by atomic mass is 10.2. The number of nitrogens with zero attached hydrogens (tertiary/aromatic N) is 1. The van der Waals surface area contributed by atoms with Gasteiger partial charge in [0.15, 0.2) is 0 Å². The van der Waals surface area contributed by atoms with E-state index in [4.69, 9.17) is 4.74 Å². The molecule has 0 unspecified atom stereocenters. The predicted molar refractivity (Wildman–Crippen MR) is 87.6 cm³/mol. The van der Waals surface area contributed by atoms with Gasteiger partial charge in [-0.15, -0.1) is 0 Å². The molecule has 1 saturated heterocycles. The van der Waals surface area contributed by atoms with Crippen LogP contribution in [0.25, 0.3) is 0 Å². The summed E-state index contributed by atoms with van der Waals surface area (Å²) in [4.78, 5) is 0.364. The van der Waals surface area contributed by atoms with Crippen LogP contribution in [0.5, 0.6) is 5.75 Å². The highest BCUT2D eigenvalue weighted by Gasteiger charge is 2.25. The quantitative estimate of drug-likeness (QED) is 0.852. The van der Waals surface area contributed by atoms with Crippen LogP contribution in [-0.2, 0) is 10.0 Å². The molecule has 1 aromatic carbocycles. The molecule has 1 aliphatic rings. The minimum Gasteiger partial charge on any atom is -0.491 e. The van der Waals surface area contributed by atoms with Crippen molar-refractivity contribution in [3.63, 3.8) is 0 Å². The van der Waals surface area contributed by atoms with Crippen LogP contribution in [0.4, 0.5) is 0 Å². The first kappa shape index (κ1) is 16.6. The van der Waals surface area contributed by atoms with Gasteiger partial charge in [-0.05, 0) is 56.7 Å². The zero-order valence-electron chi connectivity index (χ0n) is 12.8. The molecule has 2 rings (SSSR count). The van der Waals surface area contributed by atoms with Gasteiger partial charge in [-0.3, -0.25) is 0 Å². The number of hydrogen-bond acceptors (Lipinski definition) is 4. The Labute approximate surface area is 131 Å². The molecule has 0 radical (unpaired) electrons. The van der Waals surface area contributed by atoms with Crippen molar-refractivity contribution >= 4 is 21.8 Å². The number of sulfonamides is 1. The van der Waals surface area contributed by atoms with Gasteiger partial charge in [-0.2, -0.15) is 16.1 Å². The molecule has 118 valence electrons. The molecule has 0 aromatic heterocycles. The fourth-order valence-electron chi connectivity index (χ4n) is 2.28. The van der Waals surface area contributed by atoms with Crippen LogP contribution >= 0.6 is 11.8 Å². The van der Waals surface area contributed by atoms with Gasteiger partial charge < -0.3 is 4.74 Å². The number of rotatable bonds is 4. The summed E-state index contributed by atoms with van der Waals surface area (Å²) in [5.74, 6) is 2.65. The average Bonchev–Trinajstić information content (AvgIpc) is 2.69. The largest absolute Gasteiger partial charge is 0.491 e. The van der Waals surface area contributed by atoms with Crippen molar-refractivity contribution < 1.29 is 13.2 Å². The van der Waals surface area contributed by atoms with Crippen molar-refractivity contribution in [1.29, 1.82) is 0 Å². The van der Waals surface area contributed by atoms with Gasteiger partial charge in [0.25, 0.3) is 0 Å². The second-order valence-electron chi connectivity index (χ2n) is 5.46. The maximum atomic E-state index is 12.7. The van der Waals surface area contributed by atoms with Crippen LogP contribution in [0.1, 0.15) is 25.8 Å². The summed E-state index contributed by atoms with van der Waals surface area (Å²) in [5, 5.41) is 0. The van der Waals surface area contributed by atoms with E-state index in [1.165, 1.54) is 0 Å². The number of thioether (sulfide) groups is 1. The van der Waals surface area contributed by atoms with Gasteiger partial charge in [0.05, 0.1) is 11.0 Å². The number of ether oxygens (including phenoxy) is 1. The van der Waals surface area contributed by atoms with Crippen molar-refractivity contribution in [3.8, 4) is 5.75 Å². The molecular formula is C15H23NO3S2. The Morgan fingerprint density at radius 1 is 1.24 bits per heavy atom. The summed E-state index contributed by atoms with van der Waals surface area (Å²) in [6.07, 6.45) is 0.992. The second kappa shape index (κ2) is 7.03. The Bertz CT molecular complexity index is 577. The molecule has 1 aliphatic heterocycles. The summed E-state index contributed by atoms with van der Waals surface area (Å²) >= 11 is 1.82. The molecule has 21 heavy (non-hydrogen) atoms. The summed E-state index contributed by atoms with van der Waals surface area (Å²) in [6, 6.07) is 5.12. The molecule has 0 amide bonds. The molecule has 1 fully saturated rings. The van der Waals surface area contributed by atoms with Crippen molar-refractivity contribution in [2.24, 2.45) is 0 Å². The SMILES string of the molecule is Cc1cc(S(=O)(=O)N2CCCSCC2)ccc1OC(C)C. The van der Waals surface area contributed by atoms with E-state index in [2.05, 4.69) is 0 Å². The van der Waals surface area contributed by atoms with Gasteiger partial charge in [-0.25, -0.2) is 8.42 Å². The number of aryl methyl sites for hydroxylation is 1. The predicted octanol–water partition coefficient (Wildman–Crippen LogP) is 2.91. The van der Waals surface area contributed by atoms with Gasteiger partial charge in [0.1, 0.15) is 5.75 Å². The number of hydrogen-bond donors (Lipinski definition) is 0.